The van der Waals surface area contributed by atoms with Crippen molar-refractivity contribution in [3.05, 3.63) is 0 Å². The fourth-order valence-corrected chi connectivity index (χ4v) is 1.73. The van der Waals surface area contributed by atoms with E-state index >= 15 is 0 Å². The number of nitrogens with zero attached hydrogens (tertiary/aromatic N) is 1. The molecule has 0 bridgehead atoms. The van der Waals surface area contributed by atoms with E-state index in [0.29, 0.717) is 31.9 Å². The minimum atomic E-state index is -0.775. The zero-order valence-electron chi connectivity index (χ0n) is 12.1. The highest BCUT2D eigenvalue weighted by atomic mass is 16.3. The molecule has 0 aromatic heterocycles. The van der Waals surface area contributed by atoms with Crippen molar-refractivity contribution < 1.29 is 9.90 Å². The fraction of sp³-hybridized carbons (Fsp3) is 0.846. The lowest BCUT2D eigenvalue weighted by Crippen LogP contribution is -2.51. The van der Waals surface area contributed by atoms with Gasteiger partial charge in [0.05, 0.1) is 12.1 Å². The van der Waals surface area contributed by atoms with Gasteiger partial charge in [-0.15, -0.1) is 0 Å². The summed E-state index contributed by atoms with van der Waals surface area (Å²) < 4.78 is 0. The summed E-state index contributed by atoms with van der Waals surface area (Å²) in [7, 11) is 0. The van der Waals surface area contributed by atoms with Gasteiger partial charge in [-0.05, 0) is 26.7 Å². The van der Waals surface area contributed by atoms with Gasteiger partial charge in [0.15, 0.2) is 5.96 Å². The Labute approximate surface area is 115 Å². The molecule has 1 rings (SSSR count). The minimum absolute atomic E-state index is 0.105. The first kappa shape index (κ1) is 15.8. The Morgan fingerprint density at radius 3 is 2.84 bits per heavy atom. The molecule has 4 N–H and O–H groups in total. The van der Waals surface area contributed by atoms with E-state index in [1.165, 1.54) is 0 Å². The monoisotopic (exact) mass is 270 g/mol. The molecule has 1 fully saturated rings. The van der Waals surface area contributed by atoms with Crippen molar-refractivity contribution in [1.82, 2.24) is 16.0 Å². The summed E-state index contributed by atoms with van der Waals surface area (Å²) in [4.78, 5) is 15.5. The number of hydrogen-bond donors (Lipinski definition) is 4. The van der Waals surface area contributed by atoms with Gasteiger partial charge in [-0.1, -0.05) is 6.92 Å². The fourth-order valence-electron chi connectivity index (χ4n) is 1.73. The third-order valence-corrected chi connectivity index (χ3v) is 3.29. The molecule has 110 valence electrons. The summed E-state index contributed by atoms with van der Waals surface area (Å²) in [5.41, 5.74) is -0.775. The highest BCUT2D eigenvalue weighted by Crippen LogP contribution is 2.08. The third-order valence-electron chi connectivity index (χ3n) is 3.29. The normalized spacial score (nSPS) is 23.5. The second-order valence-electron chi connectivity index (χ2n) is 5.23. The van der Waals surface area contributed by atoms with Gasteiger partial charge in [-0.3, -0.25) is 9.79 Å². The standard InChI is InChI=1S/C13H26N4O2/c1-4-13(3,19)9-16-12(14-5-2)17-10-6-7-11(18)15-8-10/h10,19H,4-9H2,1-3H3,(H,15,18)(H2,14,16,17). The number of piperidine rings is 1. The number of aliphatic hydroxyl groups is 1. The molecule has 0 radical (unpaired) electrons. The maximum atomic E-state index is 11.1. The first-order valence-corrected chi connectivity index (χ1v) is 7.00. The maximum absolute atomic E-state index is 11.1. The molecule has 0 spiro atoms. The highest BCUT2D eigenvalue weighted by Gasteiger charge is 2.20. The minimum Gasteiger partial charge on any atom is -0.388 e. The number of aliphatic imine (C=N–C) groups is 1. The molecule has 19 heavy (non-hydrogen) atoms. The van der Waals surface area contributed by atoms with Crippen LogP contribution in [0.4, 0.5) is 0 Å². The zero-order chi connectivity index (χ0) is 14.3. The number of guanidine groups is 1. The third kappa shape index (κ3) is 5.92. The predicted molar refractivity (Wildman–Crippen MR) is 76.1 cm³/mol. The van der Waals surface area contributed by atoms with E-state index in [0.717, 1.165) is 13.0 Å². The molecule has 2 unspecified atom stereocenters. The van der Waals surface area contributed by atoms with E-state index in [2.05, 4.69) is 20.9 Å². The van der Waals surface area contributed by atoms with Crippen LogP contribution in [0.25, 0.3) is 0 Å². The van der Waals surface area contributed by atoms with Crippen LogP contribution in [0, 0.1) is 0 Å². The van der Waals surface area contributed by atoms with Crippen LogP contribution >= 0.6 is 0 Å². The Morgan fingerprint density at radius 1 is 1.58 bits per heavy atom. The highest BCUT2D eigenvalue weighted by molar-refractivity contribution is 5.81. The summed E-state index contributed by atoms with van der Waals surface area (Å²) in [6.45, 7) is 7.45. The quantitative estimate of drug-likeness (QED) is 0.418. The Balaban J connectivity index is 2.52. The van der Waals surface area contributed by atoms with Gasteiger partial charge >= 0.3 is 0 Å². The molecule has 1 amide bonds. The average molecular weight is 270 g/mol. The molecular formula is C13H26N4O2. The van der Waals surface area contributed by atoms with E-state index in [1.54, 1.807) is 6.92 Å². The lowest BCUT2D eigenvalue weighted by Gasteiger charge is -2.26. The molecule has 0 aliphatic carbocycles. The Hall–Kier alpha value is -1.30. The second kappa shape index (κ2) is 7.33. The van der Waals surface area contributed by atoms with E-state index in [4.69, 9.17) is 0 Å². The molecule has 1 aliphatic rings. The Kier molecular flexibility index (Phi) is 6.08. The van der Waals surface area contributed by atoms with Crippen molar-refractivity contribution in [2.75, 3.05) is 19.6 Å². The number of carbonyl (C=O) groups is 1. The first-order valence-electron chi connectivity index (χ1n) is 7.00. The lowest BCUT2D eigenvalue weighted by molar-refractivity contribution is -0.122. The smallest absolute Gasteiger partial charge is 0.220 e. The molecular weight excluding hydrogens is 244 g/mol. The van der Waals surface area contributed by atoms with Crippen LogP contribution in [0.3, 0.4) is 0 Å². The summed E-state index contributed by atoms with van der Waals surface area (Å²) in [5, 5.41) is 19.2. The summed E-state index contributed by atoms with van der Waals surface area (Å²) in [6, 6.07) is 0.196. The van der Waals surface area contributed by atoms with Crippen LogP contribution < -0.4 is 16.0 Å². The van der Waals surface area contributed by atoms with Gasteiger partial charge in [-0.2, -0.15) is 0 Å². The largest absolute Gasteiger partial charge is 0.388 e. The van der Waals surface area contributed by atoms with Crippen molar-refractivity contribution in [3.8, 4) is 0 Å². The van der Waals surface area contributed by atoms with Gasteiger partial charge < -0.3 is 21.1 Å². The number of carbonyl (C=O) groups excluding carboxylic acids is 1. The lowest BCUT2D eigenvalue weighted by atomic mass is 10.0. The number of rotatable bonds is 5. The molecule has 0 aromatic carbocycles. The van der Waals surface area contributed by atoms with Gasteiger partial charge in [0, 0.05) is 25.6 Å². The molecule has 1 saturated heterocycles. The summed E-state index contributed by atoms with van der Waals surface area (Å²) in [6.07, 6.45) is 2.01. The molecule has 2 atom stereocenters. The summed E-state index contributed by atoms with van der Waals surface area (Å²) in [5.74, 6) is 0.797. The van der Waals surface area contributed by atoms with Crippen LogP contribution in [0.15, 0.2) is 4.99 Å². The Morgan fingerprint density at radius 2 is 2.32 bits per heavy atom. The van der Waals surface area contributed by atoms with Crippen LogP contribution in [0.1, 0.15) is 40.0 Å². The van der Waals surface area contributed by atoms with Crippen molar-refractivity contribution in [2.45, 2.75) is 51.7 Å². The molecule has 1 aliphatic heterocycles. The van der Waals surface area contributed by atoms with E-state index in [1.807, 2.05) is 13.8 Å². The second-order valence-corrected chi connectivity index (χ2v) is 5.23. The maximum Gasteiger partial charge on any atom is 0.220 e. The van der Waals surface area contributed by atoms with Crippen molar-refractivity contribution in [3.63, 3.8) is 0 Å². The van der Waals surface area contributed by atoms with Crippen LogP contribution in [-0.4, -0.2) is 48.3 Å². The number of nitrogens with one attached hydrogen (secondary N) is 3. The van der Waals surface area contributed by atoms with Crippen molar-refractivity contribution in [1.29, 1.82) is 0 Å². The molecule has 0 aromatic rings. The summed E-state index contributed by atoms with van der Waals surface area (Å²) >= 11 is 0. The topological polar surface area (TPSA) is 85.8 Å². The van der Waals surface area contributed by atoms with Crippen molar-refractivity contribution >= 4 is 11.9 Å². The van der Waals surface area contributed by atoms with Crippen molar-refractivity contribution in [2.24, 2.45) is 4.99 Å². The molecule has 6 heteroatoms. The first-order chi connectivity index (χ1) is 8.96. The van der Waals surface area contributed by atoms with Gasteiger partial charge in [0.1, 0.15) is 0 Å². The average Bonchev–Trinajstić information content (AvgIpc) is 2.39. The Bertz CT molecular complexity index is 319. The molecule has 6 nitrogen and oxygen atoms in total. The van der Waals surface area contributed by atoms with Crippen LogP contribution in [-0.2, 0) is 4.79 Å². The zero-order valence-corrected chi connectivity index (χ0v) is 12.1. The molecule has 0 saturated carbocycles. The van der Waals surface area contributed by atoms with E-state index in [-0.39, 0.29) is 11.9 Å². The van der Waals surface area contributed by atoms with Gasteiger partial charge in [-0.25, -0.2) is 0 Å². The van der Waals surface area contributed by atoms with E-state index < -0.39 is 5.60 Å². The molecule has 1 heterocycles. The SMILES string of the molecule is CCNC(=NCC(C)(O)CC)NC1CCC(=O)NC1. The van der Waals surface area contributed by atoms with Crippen LogP contribution in [0.2, 0.25) is 0 Å². The predicted octanol–water partition coefficient (Wildman–Crippen LogP) is -0.0189. The van der Waals surface area contributed by atoms with Crippen LogP contribution in [0.5, 0.6) is 0 Å². The number of hydrogen-bond acceptors (Lipinski definition) is 3. The van der Waals surface area contributed by atoms with Gasteiger partial charge in [0.2, 0.25) is 5.91 Å². The van der Waals surface area contributed by atoms with Gasteiger partial charge in [0.25, 0.3) is 0 Å². The van der Waals surface area contributed by atoms with E-state index in [9.17, 15) is 9.90 Å². The number of amides is 1.